The second-order valence-corrected chi connectivity index (χ2v) is 9.77. The van der Waals surface area contributed by atoms with Crippen molar-refractivity contribution in [2.75, 3.05) is 19.1 Å². The number of amides is 1. The Morgan fingerprint density at radius 2 is 1.62 bits per heavy atom. The number of aryl methyl sites for hydroxylation is 1. The molecule has 1 N–H and O–H groups in total. The molecule has 0 aliphatic carbocycles. The van der Waals surface area contributed by atoms with Gasteiger partial charge in [-0.05, 0) is 48.9 Å². The molecule has 1 unspecified atom stereocenters. The Labute approximate surface area is 233 Å². The molecular formula is C30H24N2O7S. The highest BCUT2D eigenvalue weighted by atomic mass is 32.1. The Bertz CT molecular complexity index is 1640. The van der Waals surface area contributed by atoms with Crippen molar-refractivity contribution in [1.29, 1.82) is 0 Å². The van der Waals surface area contributed by atoms with Crippen molar-refractivity contribution < 1.29 is 33.7 Å². The topological polar surface area (TPSA) is 115 Å². The molecular weight excluding hydrogens is 532 g/mol. The Morgan fingerprint density at radius 1 is 0.925 bits per heavy atom. The van der Waals surface area contributed by atoms with Crippen LogP contribution in [0.4, 0.5) is 5.13 Å². The number of aliphatic hydroxyl groups excluding tert-OH is 1. The molecule has 1 atom stereocenters. The molecule has 0 radical (unpaired) electrons. The highest BCUT2D eigenvalue weighted by molar-refractivity contribution is 7.17. The number of rotatable bonds is 7. The summed E-state index contributed by atoms with van der Waals surface area (Å²) < 4.78 is 16.1. The molecule has 1 aromatic heterocycles. The van der Waals surface area contributed by atoms with Gasteiger partial charge in [0.1, 0.15) is 27.9 Å². The van der Waals surface area contributed by atoms with E-state index >= 15 is 0 Å². The van der Waals surface area contributed by atoms with Gasteiger partial charge in [0.15, 0.2) is 5.13 Å². The second kappa shape index (κ2) is 11.0. The summed E-state index contributed by atoms with van der Waals surface area (Å²) in [4.78, 5) is 45.1. The van der Waals surface area contributed by atoms with Crippen LogP contribution in [0, 0.1) is 6.92 Å². The van der Waals surface area contributed by atoms with Crippen LogP contribution in [0.2, 0.25) is 0 Å². The van der Waals surface area contributed by atoms with Crippen LogP contribution in [0.15, 0.2) is 84.4 Å². The zero-order valence-electron chi connectivity index (χ0n) is 21.8. The molecule has 0 bridgehead atoms. The van der Waals surface area contributed by atoms with E-state index < -0.39 is 23.7 Å². The van der Waals surface area contributed by atoms with Crippen molar-refractivity contribution in [3.05, 3.63) is 106 Å². The maximum absolute atomic E-state index is 13.5. The third-order valence-corrected chi connectivity index (χ3v) is 7.44. The van der Waals surface area contributed by atoms with E-state index in [-0.39, 0.29) is 21.3 Å². The van der Waals surface area contributed by atoms with Crippen LogP contribution in [0.5, 0.6) is 17.2 Å². The average Bonchev–Trinajstić information content (AvgIpc) is 3.49. The van der Waals surface area contributed by atoms with Gasteiger partial charge in [0.2, 0.25) is 0 Å². The summed E-state index contributed by atoms with van der Waals surface area (Å²) in [5, 5.41) is 11.5. The van der Waals surface area contributed by atoms with Crippen LogP contribution < -0.4 is 14.4 Å². The first-order valence-corrected chi connectivity index (χ1v) is 13.0. The van der Waals surface area contributed by atoms with Gasteiger partial charge in [-0.2, -0.15) is 0 Å². The van der Waals surface area contributed by atoms with E-state index in [1.54, 1.807) is 67.6 Å². The van der Waals surface area contributed by atoms with Crippen molar-refractivity contribution in [3.8, 4) is 17.2 Å². The molecule has 4 aromatic rings. The fraction of sp³-hybridized carbons (Fsp3) is 0.133. The molecule has 10 heteroatoms. The van der Waals surface area contributed by atoms with E-state index in [0.717, 1.165) is 11.3 Å². The predicted molar refractivity (Wildman–Crippen MR) is 149 cm³/mol. The molecule has 202 valence electrons. The fourth-order valence-corrected chi connectivity index (χ4v) is 5.42. The van der Waals surface area contributed by atoms with E-state index in [0.29, 0.717) is 34.1 Å². The molecule has 3 aromatic carbocycles. The van der Waals surface area contributed by atoms with Crippen molar-refractivity contribution in [1.82, 2.24) is 4.98 Å². The van der Waals surface area contributed by atoms with Crippen molar-refractivity contribution >= 4 is 39.9 Å². The number of carbonyl (C=O) groups is 3. The van der Waals surface area contributed by atoms with E-state index in [9.17, 15) is 19.5 Å². The van der Waals surface area contributed by atoms with Gasteiger partial charge in [-0.1, -0.05) is 53.8 Å². The number of nitrogens with zero attached hydrogens (tertiary/aromatic N) is 2. The zero-order chi connectivity index (χ0) is 28.4. The van der Waals surface area contributed by atoms with Crippen LogP contribution in [-0.4, -0.2) is 42.0 Å². The normalized spacial score (nSPS) is 16.2. The van der Waals surface area contributed by atoms with E-state index in [1.165, 1.54) is 19.1 Å². The first-order valence-electron chi connectivity index (χ1n) is 12.2. The summed E-state index contributed by atoms with van der Waals surface area (Å²) in [6.07, 6.45) is 0. The van der Waals surface area contributed by atoms with Gasteiger partial charge in [0.05, 0.1) is 31.5 Å². The number of hydrogen-bond acceptors (Lipinski definition) is 9. The van der Waals surface area contributed by atoms with Crippen LogP contribution in [0.3, 0.4) is 0 Å². The standard InChI is InChI=1S/C30H24N2O7S/c1-17-27(29(36)38-3)40-30(31-17)32-24(18-9-7-14-22(15-18)39-20-11-5-4-6-12-20)23(26(34)28(32)35)25(33)19-10-8-13-21(16-19)37-2/h4-16,24,33H,1-3H3/b25-23+. The van der Waals surface area contributed by atoms with Gasteiger partial charge in [0, 0.05) is 5.56 Å². The molecule has 1 aliphatic rings. The van der Waals surface area contributed by atoms with Crippen molar-refractivity contribution in [2.45, 2.75) is 13.0 Å². The zero-order valence-corrected chi connectivity index (χ0v) is 22.6. The lowest BCUT2D eigenvalue weighted by molar-refractivity contribution is -0.132. The summed E-state index contributed by atoms with van der Waals surface area (Å²) >= 11 is 0.928. The predicted octanol–water partition coefficient (Wildman–Crippen LogP) is 5.67. The maximum atomic E-state index is 13.5. The number of methoxy groups -OCH3 is 2. The Balaban J connectivity index is 1.68. The van der Waals surface area contributed by atoms with Crippen molar-refractivity contribution in [2.24, 2.45) is 0 Å². The number of esters is 1. The quantitative estimate of drug-likeness (QED) is 0.134. The molecule has 1 fully saturated rings. The number of para-hydroxylation sites is 1. The molecule has 1 aliphatic heterocycles. The highest BCUT2D eigenvalue weighted by Crippen LogP contribution is 2.45. The van der Waals surface area contributed by atoms with E-state index in [1.807, 2.05) is 18.2 Å². The lowest BCUT2D eigenvalue weighted by Gasteiger charge is -2.23. The van der Waals surface area contributed by atoms with E-state index in [4.69, 9.17) is 14.2 Å². The van der Waals surface area contributed by atoms with Crippen LogP contribution in [0.1, 0.15) is 32.5 Å². The van der Waals surface area contributed by atoms with Gasteiger partial charge in [-0.15, -0.1) is 0 Å². The van der Waals surface area contributed by atoms with Gasteiger partial charge in [-0.3, -0.25) is 14.5 Å². The number of aromatic nitrogens is 1. The summed E-state index contributed by atoms with van der Waals surface area (Å²) in [5.41, 5.74) is 0.998. The number of hydrogen-bond donors (Lipinski definition) is 1. The third kappa shape index (κ3) is 4.92. The number of thiazole rings is 1. The minimum Gasteiger partial charge on any atom is -0.507 e. The fourth-order valence-electron chi connectivity index (χ4n) is 4.41. The third-order valence-electron chi connectivity index (χ3n) is 6.30. The Hall–Kier alpha value is -4.96. The Kier molecular flexibility index (Phi) is 7.35. The molecule has 0 saturated carbocycles. The highest BCUT2D eigenvalue weighted by Gasteiger charge is 2.48. The summed E-state index contributed by atoms with van der Waals surface area (Å²) in [6, 6.07) is 21.5. The number of Topliss-reactive ketones (excluding diaryl/α,β-unsaturated/α-hetero) is 1. The molecule has 1 amide bonds. The van der Waals surface area contributed by atoms with Gasteiger partial charge in [-0.25, -0.2) is 9.78 Å². The number of ketones is 1. The first-order chi connectivity index (χ1) is 19.3. The SMILES string of the molecule is COC(=O)c1sc(N2C(=O)C(=O)/C(=C(/O)c3cccc(OC)c3)C2c2cccc(Oc3ccccc3)c2)nc1C. The monoisotopic (exact) mass is 556 g/mol. The number of anilines is 1. The number of aliphatic hydroxyl groups is 1. The Morgan fingerprint density at radius 3 is 2.35 bits per heavy atom. The molecule has 40 heavy (non-hydrogen) atoms. The number of carbonyl (C=O) groups excluding carboxylic acids is 3. The van der Waals surface area contributed by atoms with Gasteiger partial charge < -0.3 is 19.3 Å². The summed E-state index contributed by atoms with van der Waals surface area (Å²) in [6.45, 7) is 1.61. The van der Waals surface area contributed by atoms with Crippen LogP contribution >= 0.6 is 11.3 Å². The first kappa shape index (κ1) is 26.6. The maximum Gasteiger partial charge on any atom is 0.350 e. The lowest BCUT2D eigenvalue weighted by atomic mass is 9.95. The second-order valence-electron chi connectivity index (χ2n) is 8.79. The smallest absolute Gasteiger partial charge is 0.350 e. The van der Waals surface area contributed by atoms with Crippen LogP contribution in [-0.2, 0) is 14.3 Å². The largest absolute Gasteiger partial charge is 0.507 e. The molecule has 0 spiro atoms. The molecule has 9 nitrogen and oxygen atoms in total. The number of ether oxygens (including phenoxy) is 3. The molecule has 1 saturated heterocycles. The van der Waals surface area contributed by atoms with Crippen molar-refractivity contribution in [3.63, 3.8) is 0 Å². The summed E-state index contributed by atoms with van der Waals surface area (Å²) in [5.74, 6) is -1.25. The van der Waals surface area contributed by atoms with Crippen LogP contribution in [0.25, 0.3) is 5.76 Å². The molecule has 5 rings (SSSR count). The minimum absolute atomic E-state index is 0.115. The summed E-state index contributed by atoms with van der Waals surface area (Å²) in [7, 11) is 2.74. The molecule has 2 heterocycles. The van der Waals surface area contributed by atoms with Gasteiger partial charge in [0.25, 0.3) is 5.78 Å². The van der Waals surface area contributed by atoms with E-state index in [2.05, 4.69) is 4.98 Å². The lowest BCUT2D eigenvalue weighted by Crippen LogP contribution is -2.29. The number of benzene rings is 3. The van der Waals surface area contributed by atoms with Gasteiger partial charge >= 0.3 is 11.9 Å². The minimum atomic E-state index is -1.07. The average molecular weight is 557 g/mol.